The lowest BCUT2D eigenvalue weighted by atomic mass is 10.4. The molecule has 0 unspecified atom stereocenters. The number of nitrogen functional groups attached to an aromatic ring is 1. The van der Waals surface area contributed by atoms with Gasteiger partial charge in [0.05, 0.1) is 2.74 Å². The first-order valence-electron chi connectivity index (χ1n) is 3.15. The van der Waals surface area contributed by atoms with E-state index >= 15 is 0 Å². The Bertz CT molecular complexity index is 279. The number of nitrogens with two attached hydrogens (primary N) is 1. The zero-order chi connectivity index (χ0) is 8.59. The molecule has 0 saturated heterocycles. The third-order valence-corrected chi connectivity index (χ3v) is 1.12. The van der Waals surface area contributed by atoms with E-state index in [9.17, 15) is 0 Å². The van der Waals surface area contributed by atoms with Crippen LogP contribution in [0.1, 0.15) is 2.74 Å². The van der Waals surface area contributed by atoms with Crippen molar-refractivity contribution in [3.63, 3.8) is 0 Å². The van der Waals surface area contributed by atoms with E-state index in [4.69, 9.17) is 13.6 Å². The van der Waals surface area contributed by atoms with Crippen LogP contribution >= 0.6 is 15.9 Å². The van der Waals surface area contributed by atoms with Gasteiger partial charge in [-0.15, -0.1) is 0 Å². The van der Waals surface area contributed by atoms with E-state index in [1.165, 1.54) is 0 Å². The smallest absolute Gasteiger partial charge is 0.165 e. The highest BCUT2D eigenvalue weighted by Gasteiger charge is 1.95. The van der Waals surface area contributed by atoms with Crippen LogP contribution in [0.4, 0.5) is 5.82 Å². The molecular weight excluding hydrogens is 184 g/mol. The molecule has 0 spiro atoms. The molecule has 4 heteroatoms. The van der Waals surface area contributed by atoms with Crippen LogP contribution in [-0.4, -0.2) is 10.1 Å². The van der Waals surface area contributed by atoms with Gasteiger partial charge in [0, 0.05) is 10.6 Å². The van der Waals surface area contributed by atoms with Crippen LogP contribution in [0.2, 0.25) is 0 Å². The average molecular weight is 191 g/mol. The van der Waals surface area contributed by atoms with Crippen LogP contribution in [0.15, 0.2) is 16.7 Å². The predicted molar refractivity (Wildman–Crippen MR) is 38.0 cm³/mol. The summed E-state index contributed by atoms with van der Waals surface area (Å²) in [5, 5.41) is 9.02. The quantitative estimate of drug-likeness (QED) is 0.646. The summed E-state index contributed by atoms with van der Waals surface area (Å²) >= 11 is 2.91. The van der Waals surface area contributed by atoms with Crippen LogP contribution in [0, 0.1) is 0 Å². The van der Waals surface area contributed by atoms with E-state index in [1.54, 1.807) is 0 Å². The molecule has 0 radical (unpaired) electrons. The maximum absolute atomic E-state index is 9.02. The largest absolute Gasteiger partial charge is 0.504 e. The van der Waals surface area contributed by atoms with Crippen molar-refractivity contribution in [3.05, 3.63) is 16.7 Å². The summed E-state index contributed by atoms with van der Waals surface area (Å²) in [5.41, 5.74) is 5.17. The second kappa shape index (κ2) is 2.23. The van der Waals surface area contributed by atoms with Gasteiger partial charge in [0.1, 0.15) is 0 Å². The molecule has 1 aromatic rings. The molecule has 0 aromatic carbocycles. The molecule has 0 saturated carbocycles. The normalized spacial score (nSPS) is 12.6. The van der Waals surface area contributed by atoms with Crippen LogP contribution < -0.4 is 5.73 Å². The van der Waals surface area contributed by atoms with Crippen molar-refractivity contribution in [2.75, 3.05) is 5.73 Å². The fraction of sp³-hybridized carbons (Fsp3) is 0. The van der Waals surface area contributed by atoms with Crippen molar-refractivity contribution in [2.45, 2.75) is 0 Å². The number of pyridine rings is 1. The lowest BCUT2D eigenvalue weighted by Crippen LogP contribution is -1.88. The fourth-order valence-electron chi connectivity index (χ4n) is 0.358. The van der Waals surface area contributed by atoms with Gasteiger partial charge in [0.2, 0.25) is 0 Å². The van der Waals surface area contributed by atoms with E-state index in [0.717, 1.165) is 0 Å². The van der Waals surface area contributed by atoms with Gasteiger partial charge in [0.15, 0.2) is 11.6 Å². The van der Waals surface area contributed by atoms with E-state index in [0.29, 0.717) is 0 Å². The number of aromatic nitrogens is 1. The zero-order valence-electron chi connectivity index (χ0n) is 6.35. The number of anilines is 1. The molecule has 0 aliphatic carbocycles. The van der Waals surface area contributed by atoms with Gasteiger partial charge < -0.3 is 10.8 Å². The Labute approximate surface area is 63.5 Å². The summed E-state index contributed by atoms with van der Waals surface area (Å²) in [6.45, 7) is 0. The first-order valence-corrected chi connectivity index (χ1v) is 2.94. The van der Waals surface area contributed by atoms with Crippen molar-refractivity contribution in [1.82, 2.24) is 4.98 Å². The first-order chi connectivity index (χ1) is 5.04. The molecule has 0 fully saturated rings. The summed E-state index contributed by atoms with van der Waals surface area (Å²) < 4.78 is 14.5. The average Bonchev–Trinajstić information content (AvgIpc) is 1.97. The molecule has 48 valence electrons. The maximum atomic E-state index is 9.02. The van der Waals surface area contributed by atoms with Crippen LogP contribution in [0.25, 0.3) is 0 Å². The Hall–Kier alpha value is -0.770. The molecule has 1 rings (SSSR count). The molecule has 3 N–H and O–H groups in total. The van der Waals surface area contributed by atoms with Crippen LogP contribution in [0.3, 0.4) is 0 Å². The van der Waals surface area contributed by atoms with Gasteiger partial charge in [-0.05, 0) is 22.0 Å². The van der Waals surface area contributed by atoms with Crippen molar-refractivity contribution >= 4 is 21.7 Å². The van der Waals surface area contributed by atoms with Gasteiger partial charge in [0.25, 0.3) is 0 Å². The van der Waals surface area contributed by atoms with Crippen molar-refractivity contribution < 1.29 is 7.85 Å². The Morgan fingerprint density at radius 3 is 3.22 bits per heavy atom. The van der Waals surface area contributed by atoms with Crippen molar-refractivity contribution in [1.29, 1.82) is 0 Å². The highest BCUT2D eigenvalue weighted by atomic mass is 79.9. The third-order valence-electron chi connectivity index (χ3n) is 0.745. The predicted octanol–water partition coefficient (Wildman–Crippen LogP) is 1.13. The number of aromatic hydroxyl groups is 1. The molecule has 0 bridgehead atoms. The summed E-state index contributed by atoms with van der Waals surface area (Å²) in [6, 6.07) is -0.206. The molecule has 0 atom stereocenters. The molecule has 9 heavy (non-hydrogen) atoms. The Morgan fingerprint density at radius 1 is 1.89 bits per heavy atom. The topological polar surface area (TPSA) is 59.1 Å². The number of hydrogen-bond donors (Lipinski definition) is 2. The van der Waals surface area contributed by atoms with Gasteiger partial charge in [-0.1, -0.05) is 0 Å². The number of hydrogen-bond acceptors (Lipinski definition) is 3. The van der Waals surface area contributed by atoms with E-state index in [1.807, 2.05) is 0 Å². The standard InChI is InChI=1S/C5H5BrN2O/c6-3-1-4(9)5(7)8-2-3/h1-2,9H,(H2,7,8)/i1D,2D. The second-order valence-electron chi connectivity index (χ2n) is 1.40. The Balaban J connectivity index is 3.46. The molecule has 1 heterocycles. The maximum Gasteiger partial charge on any atom is 0.165 e. The summed E-state index contributed by atoms with van der Waals surface area (Å²) in [7, 11) is 0. The highest BCUT2D eigenvalue weighted by Crippen LogP contribution is 2.20. The molecule has 0 amide bonds. The SMILES string of the molecule is [2H]c1nc(N)c(O)c([2H])c1Br. The molecule has 1 aromatic heterocycles. The lowest BCUT2D eigenvalue weighted by molar-refractivity contribution is 0.475. The van der Waals surface area contributed by atoms with Crippen molar-refractivity contribution in [2.24, 2.45) is 0 Å². The summed E-state index contributed by atoms with van der Waals surface area (Å²) in [5.74, 6) is -0.587. The highest BCUT2D eigenvalue weighted by molar-refractivity contribution is 9.10. The van der Waals surface area contributed by atoms with Gasteiger partial charge in [-0.25, -0.2) is 4.98 Å². The minimum atomic E-state index is -0.395. The number of nitrogens with zero attached hydrogens (tertiary/aromatic N) is 1. The van der Waals surface area contributed by atoms with E-state index in [-0.39, 0.29) is 22.5 Å². The minimum Gasteiger partial charge on any atom is -0.504 e. The summed E-state index contributed by atoms with van der Waals surface area (Å²) in [4.78, 5) is 3.46. The minimum absolute atomic E-state index is 0.143. The molecule has 3 nitrogen and oxygen atoms in total. The van der Waals surface area contributed by atoms with Gasteiger partial charge >= 0.3 is 0 Å². The fourth-order valence-corrected chi connectivity index (χ4v) is 0.635. The van der Waals surface area contributed by atoms with Crippen LogP contribution in [0.5, 0.6) is 5.75 Å². The zero-order valence-corrected chi connectivity index (χ0v) is 5.94. The monoisotopic (exact) mass is 190 g/mol. The van der Waals surface area contributed by atoms with Gasteiger partial charge in [-0.3, -0.25) is 0 Å². The van der Waals surface area contributed by atoms with Gasteiger partial charge in [-0.2, -0.15) is 0 Å². The lowest BCUT2D eigenvalue weighted by Gasteiger charge is -1.94. The number of rotatable bonds is 0. The van der Waals surface area contributed by atoms with E-state index < -0.39 is 5.75 Å². The molecular formula is C5H5BrN2O. The Kier molecular flexibility index (Phi) is 1.02. The second-order valence-corrected chi connectivity index (χ2v) is 2.19. The molecule has 0 aliphatic rings. The van der Waals surface area contributed by atoms with Crippen LogP contribution in [-0.2, 0) is 0 Å². The van der Waals surface area contributed by atoms with Crippen molar-refractivity contribution in [3.8, 4) is 5.75 Å². The Morgan fingerprint density at radius 2 is 2.56 bits per heavy atom. The first kappa shape index (κ1) is 4.11. The molecule has 0 aliphatic heterocycles. The third kappa shape index (κ3) is 1.32. The summed E-state index contributed by atoms with van der Waals surface area (Å²) in [6.07, 6.45) is -0.148. The number of halogens is 1. The van der Waals surface area contributed by atoms with E-state index in [2.05, 4.69) is 20.9 Å².